The van der Waals surface area contributed by atoms with Crippen molar-refractivity contribution in [3.8, 4) is 0 Å². The van der Waals surface area contributed by atoms with Crippen LogP contribution in [0.2, 0.25) is 0 Å². The standard InChI is InChI=1S/C6H12N2O3/c7-6(10)5-1-8-4(2-9)3-11-5/h4-5,8-9H,1-3H2,(H2,7,10). The number of nitrogens with one attached hydrogen (secondary N) is 1. The molecule has 0 saturated carbocycles. The first kappa shape index (κ1) is 8.45. The summed E-state index contributed by atoms with van der Waals surface area (Å²) >= 11 is 0. The van der Waals surface area contributed by atoms with Crippen LogP contribution >= 0.6 is 0 Å². The maximum Gasteiger partial charge on any atom is 0.247 e. The smallest absolute Gasteiger partial charge is 0.247 e. The van der Waals surface area contributed by atoms with Crippen LogP contribution in [0.5, 0.6) is 0 Å². The second-order valence-electron chi connectivity index (χ2n) is 2.51. The lowest BCUT2D eigenvalue weighted by Crippen LogP contribution is -2.52. The summed E-state index contributed by atoms with van der Waals surface area (Å²) in [5.41, 5.74) is 4.99. The Morgan fingerprint density at radius 2 is 2.55 bits per heavy atom. The summed E-state index contributed by atoms with van der Waals surface area (Å²) in [6, 6.07) is -0.0643. The van der Waals surface area contributed by atoms with E-state index >= 15 is 0 Å². The normalized spacial score (nSPS) is 31.7. The van der Waals surface area contributed by atoms with Crippen LogP contribution in [0.15, 0.2) is 0 Å². The van der Waals surface area contributed by atoms with Crippen molar-refractivity contribution in [2.24, 2.45) is 5.73 Å². The molecular weight excluding hydrogens is 148 g/mol. The fourth-order valence-electron chi connectivity index (χ4n) is 0.924. The van der Waals surface area contributed by atoms with Crippen molar-refractivity contribution in [2.75, 3.05) is 19.8 Å². The summed E-state index contributed by atoms with van der Waals surface area (Å²) in [6.45, 7) is 0.746. The van der Waals surface area contributed by atoms with Crippen molar-refractivity contribution in [1.29, 1.82) is 0 Å². The number of hydrogen-bond donors (Lipinski definition) is 3. The van der Waals surface area contributed by atoms with Crippen molar-refractivity contribution in [1.82, 2.24) is 5.32 Å². The molecule has 0 aromatic heterocycles. The minimum atomic E-state index is -0.544. The predicted molar refractivity (Wildman–Crippen MR) is 37.8 cm³/mol. The third-order valence-corrected chi connectivity index (χ3v) is 1.63. The average molecular weight is 160 g/mol. The van der Waals surface area contributed by atoms with Crippen molar-refractivity contribution >= 4 is 5.91 Å². The molecule has 1 amide bonds. The zero-order chi connectivity index (χ0) is 8.27. The van der Waals surface area contributed by atoms with Crippen molar-refractivity contribution in [3.05, 3.63) is 0 Å². The van der Waals surface area contributed by atoms with Gasteiger partial charge in [0, 0.05) is 6.54 Å². The Bertz CT molecular complexity index is 143. The molecule has 5 heteroatoms. The van der Waals surface area contributed by atoms with Gasteiger partial charge < -0.3 is 20.9 Å². The van der Waals surface area contributed by atoms with E-state index in [4.69, 9.17) is 15.6 Å². The highest BCUT2D eigenvalue weighted by molar-refractivity contribution is 5.79. The van der Waals surface area contributed by atoms with Crippen LogP contribution in [0, 0.1) is 0 Å². The first-order valence-corrected chi connectivity index (χ1v) is 3.49. The van der Waals surface area contributed by atoms with Crippen LogP contribution in [-0.4, -0.2) is 42.9 Å². The van der Waals surface area contributed by atoms with Gasteiger partial charge in [-0.25, -0.2) is 0 Å². The molecule has 2 unspecified atom stereocenters. The number of rotatable bonds is 2. The van der Waals surface area contributed by atoms with Gasteiger partial charge in [-0.15, -0.1) is 0 Å². The number of primary amides is 1. The molecule has 11 heavy (non-hydrogen) atoms. The van der Waals surface area contributed by atoms with Gasteiger partial charge in [-0.1, -0.05) is 0 Å². The molecule has 1 saturated heterocycles. The quantitative estimate of drug-likeness (QED) is 0.429. The Labute approximate surface area is 64.5 Å². The average Bonchev–Trinajstić information content (AvgIpc) is 2.05. The maximum atomic E-state index is 10.5. The van der Waals surface area contributed by atoms with Gasteiger partial charge in [0.2, 0.25) is 5.91 Å². The molecule has 1 aliphatic heterocycles. The van der Waals surface area contributed by atoms with Gasteiger partial charge in [0.05, 0.1) is 19.3 Å². The van der Waals surface area contributed by atoms with Gasteiger partial charge in [0.1, 0.15) is 6.10 Å². The fraction of sp³-hybridized carbons (Fsp3) is 0.833. The van der Waals surface area contributed by atoms with Crippen LogP contribution < -0.4 is 11.1 Å². The van der Waals surface area contributed by atoms with E-state index < -0.39 is 12.0 Å². The van der Waals surface area contributed by atoms with Crippen LogP contribution in [-0.2, 0) is 9.53 Å². The highest BCUT2D eigenvalue weighted by Crippen LogP contribution is 1.99. The molecule has 0 aromatic carbocycles. The topological polar surface area (TPSA) is 84.6 Å². The molecule has 1 rings (SSSR count). The van der Waals surface area contributed by atoms with Crippen molar-refractivity contribution in [2.45, 2.75) is 12.1 Å². The van der Waals surface area contributed by atoms with E-state index in [-0.39, 0.29) is 12.6 Å². The van der Waals surface area contributed by atoms with Crippen molar-refractivity contribution < 1.29 is 14.6 Å². The SMILES string of the molecule is NC(=O)C1CNC(CO)CO1. The van der Waals surface area contributed by atoms with Crippen molar-refractivity contribution in [3.63, 3.8) is 0 Å². The third-order valence-electron chi connectivity index (χ3n) is 1.63. The molecule has 2 atom stereocenters. The van der Waals surface area contributed by atoms with Crippen LogP contribution in [0.25, 0.3) is 0 Å². The Morgan fingerprint density at radius 1 is 1.82 bits per heavy atom. The van der Waals surface area contributed by atoms with E-state index in [2.05, 4.69) is 5.32 Å². The third kappa shape index (κ3) is 2.14. The Morgan fingerprint density at radius 3 is 2.91 bits per heavy atom. The number of carbonyl (C=O) groups is 1. The maximum absolute atomic E-state index is 10.5. The molecule has 64 valence electrons. The van der Waals surface area contributed by atoms with Gasteiger partial charge in [-0.2, -0.15) is 0 Å². The molecule has 4 N–H and O–H groups in total. The molecule has 0 radical (unpaired) electrons. The lowest BCUT2D eigenvalue weighted by molar-refractivity contribution is -0.132. The van der Waals surface area contributed by atoms with Crippen LogP contribution in [0.4, 0.5) is 0 Å². The minimum Gasteiger partial charge on any atom is -0.395 e. The van der Waals surface area contributed by atoms with Crippen LogP contribution in [0.3, 0.4) is 0 Å². The molecule has 0 bridgehead atoms. The minimum absolute atomic E-state index is 0.0193. The number of morpholine rings is 1. The zero-order valence-electron chi connectivity index (χ0n) is 6.12. The number of ether oxygens (including phenoxy) is 1. The Balaban J connectivity index is 2.30. The van der Waals surface area contributed by atoms with Gasteiger partial charge in [0.15, 0.2) is 0 Å². The van der Waals surface area contributed by atoms with Gasteiger partial charge >= 0.3 is 0 Å². The zero-order valence-corrected chi connectivity index (χ0v) is 6.12. The lowest BCUT2D eigenvalue weighted by Gasteiger charge is -2.27. The molecule has 1 heterocycles. The molecule has 1 fully saturated rings. The molecular formula is C6H12N2O3. The summed E-state index contributed by atoms with van der Waals surface area (Å²) in [6.07, 6.45) is -0.544. The van der Waals surface area contributed by atoms with E-state index in [0.29, 0.717) is 13.2 Å². The Hall–Kier alpha value is -0.650. The lowest BCUT2D eigenvalue weighted by atomic mass is 10.2. The molecule has 0 aliphatic carbocycles. The van der Waals surface area contributed by atoms with E-state index in [0.717, 1.165) is 0 Å². The van der Waals surface area contributed by atoms with E-state index in [1.807, 2.05) is 0 Å². The highest BCUT2D eigenvalue weighted by Gasteiger charge is 2.23. The number of amides is 1. The van der Waals surface area contributed by atoms with Gasteiger partial charge in [-0.05, 0) is 0 Å². The summed E-state index contributed by atoms with van der Waals surface area (Å²) in [5.74, 6) is -0.464. The summed E-state index contributed by atoms with van der Waals surface area (Å²) in [4.78, 5) is 10.5. The largest absolute Gasteiger partial charge is 0.395 e. The molecule has 0 aromatic rings. The van der Waals surface area contributed by atoms with Gasteiger partial charge in [0.25, 0.3) is 0 Å². The number of hydrogen-bond acceptors (Lipinski definition) is 4. The summed E-state index contributed by atoms with van der Waals surface area (Å²) in [5, 5.41) is 11.6. The summed E-state index contributed by atoms with van der Waals surface area (Å²) < 4.78 is 5.05. The molecule has 0 spiro atoms. The fourth-order valence-corrected chi connectivity index (χ4v) is 0.924. The van der Waals surface area contributed by atoms with E-state index in [1.165, 1.54) is 0 Å². The Kier molecular flexibility index (Phi) is 2.81. The molecule has 1 aliphatic rings. The second-order valence-corrected chi connectivity index (χ2v) is 2.51. The van der Waals surface area contributed by atoms with E-state index in [9.17, 15) is 4.79 Å². The second kappa shape index (κ2) is 3.66. The van der Waals surface area contributed by atoms with E-state index in [1.54, 1.807) is 0 Å². The van der Waals surface area contributed by atoms with Crippen LogP contribution in [0.1, 0.15) is 0 Å². The van der Waals surface area contributed by atoms with Gasteiger partial charge in [-0.3, -0.25) is 4.79 Å². The summed E-state index contributed by atoms with van der Waals surface area (Å²) in [7, 11) is 0. The number of nitrogens with two attached hydrogens (primary N) is 1. The molecule has 5 nitrogen and oxygen atoms in total. The number of aliphatic hydroxyl groups is 1. The monoisotopic (exact) mass is 160 g/mol. The first-order chi connectivity index (χ1) is 5.24. The highest BCUT2D eigenvalue weighted by atomic mass is 16.5. The number of carbonyl (C=O) groups excluding carboxylic acids is 1. The predicted octanol–water partition coefficient (Wildman–Crippen LogP) is -2.18. The number of aliphatic hydroxyl groups excluding tert-OH is 1. The first-order valence-electron chi connectivity index (χ1n) is 3.49.